The first-order valence-electron chi connectivity index (χ1n) is 9.44. The van der Waals surface area contributed by atoms with Crippen LogP contribution in [0.3, 0.4) is 0 Å². The van der Waals surface area contributed by atoms with Crippen molar-refractivity contribution in [2.45, 2.75) is 25.9 Å². The summed E-state index contributed by atoms with van der Waals surface area (Å²) in [6.45, 7) is 2.83. The van der Waals surface area contributed by atoms with Crippen molar-refractivity contribution in [3.8, 4) is 5.75 Å². The number of hydrogen-bond acceptors (Lipinski definition) is 5. The van der Waals surface area contributed by atoms with Gasteiger partial charge in [0.25, 0.3) is 0 Å². The van der Waals surface area contributed by atoms with Gasteiger partial charge < -0.3 is 15.7 Å². The Kier molecular flexibility index (Phi) is 7.96. The van der Waals surface area contributed by atoms with E-state index in [1.807, 2.05) is 60.9 Å². The molecule has 0 amide bonds. The molecule has 0 aliphatic carbocycles. The number of nitrogens with zero attached hydrogens (tertiary/aromatic N) is 2. The molecule has 3 aromatic rings. The quantitative estimate of drug-likeness (QED) is 0.420. The van der Waals surface area contributed by atoms with E-state index in [1.54, 1.807) is 0 Å². The summed E-state index contributed by atoms with van der Waals surface area (Å²) >= 11 is 3.55. The summed E-state index contributed by atoms with van der Waals surface area (Å²) in [6, 6.07) is 15.8. The van der Waals surface area contributed by atoms with E-state index in [0.717, 1.165) is 52.9 Å². The van der Waals surface area contributed by atoms with Gasteiger partial charge in [0.15, 0.2) is 0 Å². The van der Waals surface area contributed by atoms with Crippen LogP contribution in [0.1, 0.15) is 22.5 Å². The van der Waals surface area contributed by atoms with Gasteiger partial charge in [-0.3, -0.25) is 9.97 Å². The maximum Gasteiger partial charge on any atom is 0.124 e. The second kappa shape index (κ2) is 10.9. The minimum Gasteiger partial charge on any atom is -0.507 e. The molecule has 1 aromatic carbocycles. The zero-order chi connectivity index (χ0) is 19.6. The fourth-order valence-corrected chi connectivity index (χ4v) is 3.51. The van der Waals surface area contributed by atoms with Crippen molar-refractivity contribution in [2.24, 2.45) is 0 Å². The van der Waals surface area contributed by atoms with Crippen LogP contribution in [-0.4, -0.2) is 28.2 Å². The minimum atomic E-state index is 0.346. The molecule has 0 saturated carbocycles. The average molecular weight is 441 g/mol. The topological polar surface area (TPSA) is 70.1 Å². The smallest absolute Gasteiger partial charge is 0.124 e. The summed E-state index contributed by atoms with van der Waals surface area (Å²) in [7, 11) is 0. The van der Waals surface area contributed by atoms with E-state index in [2.05, 4.69) is 36.5 Å². The van der Waals surface area contributed by atoms with Gasteiger partial charge in [0.05, 0.1) is 0 Å². The Bertz CT molecular complexity index is 790. The van der Waals surface area contributed by atoms with Crippen molar-refractivity contribution >= 4 is 15.9 Å². The third-order valence-corrected chi connectivity index (χ3v) is 4.89. The number of aromatic nitrogens is 2. The summed E-state index contributed by atoms with van der Waals surface area (Å²) in [4.78, 5) is 8.65. The predicted octanol–water partition coefficient (Wildman–Crippen LogP) is 3.61. The monoisotopic (exact) mass is 440 g/mol. The fraction of sp³-hybridized carbons (Fsp3) is 0.273. The highest BCUT2D eigenvalue weighted by molar-refractivity contribution is 9.10. The SMILES string of the molecule is Oc1c(CNCCc2ccccn2)cc(Br)cc1CNCCc1ccccn1. The molecule has 3 rings (SSSR count). The Morgan fingerprint density at radius 2 is 1.29 bits per heavy atom. The first-order chi connectivity index (χ1) is 13.7. The molecular formula is C22H25BrN4O. The van der Waals surface area contributed by atoms with Crippen molar-refractivity contribution < 1.29 is 5.11 Å². The van der Waals surface area contributed by atoms with Gasteiger partial charge in [0, 0.05) is 78.4 Å². The second-order valence-corrected chi connectivity index (χ2v) is 7.48. The van der Waals surface area contributed by atoms with Crippen molar-refractivity contribution in [3.63, 3.8) is 0 Å². The molecule has 146 valence electrons. The van der Waals surface area contributed by atoms with Crippen LogP contribution in [0.25, 0.3) is 0 Å². The number of halogens is 1. The van der Waals surface area contributed by atoms with Crippen molar-refractivity contribution in [3.05, 3.63) is 87.9 Å². The van der Waals surface area contributed by atoms with Gasteiger partial charge in [0.1, 0.15) is 5.75 Å². The molecule has 2 heterocycles. The summed E-state index contributed by atoms with van der Waals surface area (Å²) in [5, 5.41) is 17.4. The highest BCUT2D eigenvalue weighted by Crippen LogP contribution is 2.27. The highest BCUT2D eigenvalue weighted by Gasteiger charge is 2.09. The van der Waals surface area contributed by atoms with Gasteiger partial charge in [-0.1, -0.05) is 28.1 Å². The Morgan fingerprint density at radius 3 is 1.71 bits per heavy atom. The van der Waals surface area contributed by atoms with Gasteiger partial charge in [-0.25, -0.2) is 0 Å². The molecule has 0 spiro atoms. The third-order valence-electron chi connectivity index (χ3n) is 4.43. The van der Waals surface area contributed by atoms with Crippen LogP contribution in [0.2, 0.25) is 0 Å². The first-order valence-corrected chi connectivity index (χ1v) is 10.2. The molecule has 6 heteroatoms. The van der Waals surface area contributed by atoms with E-state index < -0.39 is 0 Å². The van der Waals surface area contributed by atoms with Crippen molar-refractivity contribution in [2.75, 3.05) is 13.1 Å². The number of phenolic OH excluding ortho intramolecular Hbond substituents is 1. The standard InChI is InChI=1S/C22H25BrN4O/c23-19-13-17(15-24-11-7-20-5-1-3-9-26-20)22(28)18(14-19)16-25-12-8-21-6-2-4-10-27-21/h1-6,9-10,13-14,24-25,28H,7-8,11-12,15-16H2. The van der Waals surface area contributed by atoms with Crippen molar-refractivity contribution in [1.82, 2.24) is 20.6 Å². The van der Waals surface area contributed by atoms with Crippen LogP contribution in [0, 0.1) is 0 Å². The second-order valence-electron chi connectivity index (χ2n) is 6.57. The average Bonchev–Trinajstić information content (AvgIpc) is 2.73. The van der Waals surface area contributed by atoms with Crippen molar-refractivity contribution in [1.29, 1.82) is 0 Å². The largest absolute Gasteiger partial charge is 0.507 e. The number of aromatic hydroxyl groups is 1. The summed E-state index contributed by atoms with van der Waals surface area (Å²) in [5.41, 5.74) is 3.89. The molecule has 0 atom stereocenters. The molecule has 2 aromatic heterocycles. The lowest BCUT2D eigenvalue weighted by Crippen LogP contribution is -2.19. The maximum atomic E-state index is 10.6. The van der Waals surface area contributed by atoms with E-state index in [1.165, 1.54) is 0 Å². The van der Waals surface area contributed by atoms with E-state index in [-0.39, 0.29) is 0 Å². The van der Waals surface area contributed by atoms with Crippen LogP contribution in [0.15, 0.2) is 65.4 Å². The van der Waals surface area contributed by atoms with Gasteiger partial charge in [-0.15, -0.1) is 0 Å². The first kappa shape index (κ1) is 20.5. The maximum absolute atomic E-state index is 10.6. The Hall–Kier alpha value is -2.28. The van der Waals surface area contributed by atoms with Crippen LogP contribution in [0.5, 0.6) is 5.75 Å². The lowest BCUT2D eigenvalue weighted by molar-refractivity contribution is 0.454. The molecule has 5 nitrogen and oxygen atoms in total. The lowest BCUT2D eigenvalue weighted by Gasteiger charge is -2.13. The summed E-state index contributed by atoms with van der Waals surface area (Å²) in [6.07, 6.45) is 5.33. The van der Waals surface area contributed by atoms with Gasteiger partial charge >= 0.3 is 0 Å². The predicted molar refractivity (Wildman–Crippen MR) is 115 cm³/mol. The van der Waals surface area contributed by atoms with Crippen LogP contribution < -0.4 is 10.6 Å². The van der Waals surface area contributed by atoms with Gasteiger partial charge in [-0.2, -0.15) is 0 Å². The molecule has 3 N–H and O–H groups in total. The molecule has 0 aliphatic heterocycles. The molecule has 28 heavy (non-hydrogen) atoms. The van der Waals surface area contributed by atoms with Crippen LogP contribution in [0.4, 0.5) is 0 Å². The molecule has 0 bridgehead atoms. The number of phenols is 1. The third kappa shape index (κ3) is 6.41. The zero-order valence-corrected chi connectivity index (χ0v) is 17.3. The Labute approximate surface area is 174 Å². The summed E-state index contributed by atoms with van der Waals surface area (Å²) < 4.78 is 0.966. The molecular weight excluding hydrogens is 416 g/mol. The highest BCUT2D eigenvalue weighted by atomic mass is 79.9. The van der Waals surface area contributed by atoms with Gasteiger partial charge in [-0.05, 0) is 36.4 Å². The minimum absolute atomic E-state index is 0.346. The number of pyridine rings is 2. The van der Waals surface area contributed by atoms with E-state index >= 15 is 0 Å². The number of hydrogen-bond donors (Lipinski definition) is 3. The fourth-order valence-electron chi connectivity index (χ4n) is 2.96. The van der Waals surface area contributed by atoms with E-state index in [0.29, 0.717) is 18.8 Å². The number of rotatable bonds is 10. The Balaban J connectivity index is 1.48. The summed E-state index contributed by atoms with van der Waals surface area (Å²) in [5.74, 6) is 0.346. The van der Waals surface area contributed by atoms with Gasteiger partial charge in [0.2, 0.25) is 0 Å². The molecule has 0 aliphatic rings. The van der Waals surface area contributed by atoms with E-state index in [4.69, 9.17) is 0 Å². The normalized spacial score (nSPS) is 10.9. The molecule has 0 unspecified atom stereocenters. The number of benzene rings is 1. The molecule has 0 saturated heterocycles. The Morgan fingerprint density at radius 1 is 0.786 bits per heavy atom. The lowest BCUT2D eigenvalue weighted by atomic mass is 10.1. The van der Waals surface area contributed by atoms with Crippen LogP contribution >= 0.6 is 15.9 Å². The molecule has 0 fully saturated rings. The number of nitrogens with one attached hydrogen (secondary N) is 2. The molecule has 0 radical (unpaired) electrons. The zero-order valence-electron chi connectivity index (χ0n) is 15.7. The van der Waals surface area contributed by atoms with Crippen LogP contribution in [-0.2, 0) is 25.9 Å². The van der Waals surface area contributed by atoms with E-state index in [9.17, 15) is 5.11 Å².